The Morgan fingerprint density at radius 1 is 0.256 bits per heavy atom. The molecule has 6 nitrogen and oxygen atoms in total. The average molecular weight is 1140 g/mol. The van der Waals surface area contributed by atoms with Crippen molar-refractivity contribution in [3.8, 4) is 0 Å². The minimum atomic E-state index is -0.785. The number of hydrogen-bond donors (Lipinski definition) is 0. The molecule has 0 heterocycles. The second-order valence-electron chi connectivity index (χ2n) is 23.1. The number of ether oxygens (including phenoxy) is 3. The number of allylic oxidation sites excluding steroid dienone is 18. The second-order valence-corrected chi connectivity index (χ2v) is 23.1. The molecule has 0 aliphatic rings. The van der Waals surface area contributed by atoms with E-state index >= 15 is 0 Å². The molecule has 0 N–H and O–H groups in total. The molecular weight excluding hydrogens is 1010 g/mol. The summed E-state index contributed by atoms with van der Waals surface area (Å²) in [5, 5.41) is 0. The highest BCUT2D eigenvalue weighted by Crippen LogP contribution is 2.17. The van der Waals surface area contributed by atoms with Gasteiger partial charge in [-0.15, -0.1) is 0 Å². The highest BCUT2D eigenvalue weighted by Gasteiger charge is 2.19. The molecule has 1 unspecified atom stereocenters. The molecule has 0 radical (unpaired) electrons. The highest BCUT2D eigenvalue weighted by atomic mass is 16.6. The van der Waals surface area contributed by atoms with E-state index in [9.17, 15) is 14.4 Å². The van der Waals surface area contributed by atoms with E-state index in [-0.39, 0.29) is 31.1 Å². The third-order valence-electron chi connectivity index (χ3n) is 15.0. The van der Waals surface area contributed by atoms with Crippen LogP contribution < -0.4 is 0 Å². The Labute approximate surface area is 508 Å². The first kappa shape index (κ1) is 78.1. The Morgan fingerprint density at radius 3 is 0.768 bits per heavy atom. The lowest BCUT2D eigenvalue weighted by molar-refractivity contribution is -0.167. The zero-order valence-electron chi connectivity index (χ0n) is 54.0. The molecule has 82 heavy (non-hydrogen) atoms. The van der Waals surface area contributed by atoms with E-state index in [1.165, 1.54) is 173 Å². The molecule has 0 fully saturated rings. The van der Waals surface area contributed by atoms with Gasteiger partial charge < -0.3 is 14.2 Å². The summed E-state index contributed by atoms with van der Waals surface area (Å²) in [7, 11) is 0. The predicted molar refractivity (Wildman–Crippen MR) is 357 cm³/mol. The fraction of sp³-hybridized carbons (Fsp3) is 0.724. The standard InChI is InChI=1S/C76H130O6/c1-4-7-10-13-16-19-22-25-27-29-31-32-33-34-35-36-37-38-39-40-41-42-43-44-45-47-48-51-54-57-60-63-66-69-75(78)81-72-73(71-80-74(77)68-65-62-59-56-53-50-24-21-18-15-12-9-6-3)82-76(79)70-67-64-61-58-55-52-49-46-30-28-26-23-20-17-14-11-8-5-2/h7,10,16,19,21,24-25,27,31-32,34-35,37-38,40-41,43-44,73H,4-6,8-9,11-15,17-18,20,22-23,26,28-30,33,36,39,42,45-72H2,1-3H3/b10-7-,19-16-,24-21-,27-25-,32-31-,35-34-,38-37-,41-40-,44-43-. The van der Waals surface area contributed by atoms with E-state index in [1.807, 2.05) is 0 Å². The lowest BCUT2D eigenvalue weighted by Gasteiger charge is -2.18. The van der Waals surface area contributed by atoms with Gasteiger partial charge in [-0.25, -0.2) is 0 Å². The molecule has 0 aliphatic heterocycles. The molecule has 0 aromatic carbocycles. The molecular formula is C76H130O6. The fourth-order valence-corrected chi connectivity index (χ4v) is 9.81. The molecule has 0 spiro atoms. The van der Waals surface area contributed by atoms with Gasteiger partial charge in [-0.1, -0.05) is 316 Å². The van der Waals surface area contributed by atoms with Gasteiger partial charge in [0.2, 0.25) is 0 Å². The van der Waals surface area contributed by atoms with Crippen LogP contribution in [0.1, 0.15) is 335 Å². The molecule has 0 rings (SSSR count). The number of unbranched alkanes of at least 4 members (excludes halogenated alkanes) is 34. The van der Waals surface area contributed by atoms with Crippen molar-refractivity contribution in [3.05, 3.63) is 109 Å². The number of esters is 3. The SMILES string of the molecule is CC/C=C\C/C=C\C/C=C\C/C=C\C/C=C\C/C=C\C/C=C\C/C=C\CCCCCCCCCCC(=O)OCC(COC(=O)CCCCCCC/C=C\CCCCCC)OC(=O)CCCCCCCCCCCCCCCCCCCC. The summed E-state index contributed by atoms with van der Waals surface area (Å²) in [5.41, 5.74) is 0. The van der Waals surface area contributed by atoms with Crippen LogP contribution in [0.25, 0.3) is 0 Å². The van der Waals surface area contributed by atoms with Crippen LogP contribution in [0.15, 0.2) is 109 Å². The van der Waals surface area contributed by atoms with Gasteiger partial charge in [-0.05, 0) is 109 Å². The smallest absolute Gasteiger partial charge is 0.306 e. The van der Waals surface area contributed by atoms with Gasteiger partial charge >= 0.3 is 17.9 Å². The molecule has 0 saturated heterocycles. The largest absolute Gasteiger partial charge is 0.462 e. The Bertz CT molecular complexity index is 1640. The number of rotatable bonds is 63. The van der Waals surface area contributed by atoms with Gasteiger partial charge in [-0.3, -0.25) is 14.4 Å². The average Bonchev–Trinajstić information content (AvgIpc) is 3.47. The zero-order chi connectivity index (χ0) is 59.2. The van der Waals surface area contributed by atoms with Crippen LogP contribution in [0.5, 0.6) is 0 Å². The van der Waals surface area contributed by atoms with Crippen molar-refractivity contribution in [2.24, 2.45) is 0 Å². The van der Waals surface area contributed by atoms with Crippen molar-refractivity contribution < 1.29 is 28.6 Å². The van der Waals surface area contributed by atoms with Crippen LogP contribution in [0, 0.1) is 0 Å². The van der Waals surface area contributed by atoms with Crippen molar-refractivity contribution in [2.75, 3.05) is 13.2 Å². The summed E-state index contributed by atoms with van der Waals surface area (Å²) in [6.07, 6.45) is 95.4. The van der Waals surface area contributed by atoms with Crippen LogP contribution in [0.4, 0.5) is 0 Å². The Morgan fingerprint density at radius 2 is 0.476 bits per heavy atom. The second kappa shape index (κ2) is 69.6. The molecule has 0 aromatic rings. The van der Waals surface area contributed by atoms with Crippen molar-refractivity contribution >= 4 is 17.9 Å². The minimum absolute atomic E-state index is 0.0816. The first-order chi connectivity index (χ1) is 40.5. The molecule has 0 amide bonds. The van der Waals surface area contributed by atoms with E-state index in [1.54, 1.807) is 0 Å². The predicted octanol–water partition coefficient (Wildman–Crippen LogP) is 24.2. The van der Waals surface area contributed by atoms with Crippen LogP contribution in [-0.4, -0.2) is 37.2 Å². The van der Waals surface area contributed by atoms with E-state index in [4.69, 9.17) is 14.2 Å². The Hall–Kier alpha value is -3.93. The van der Waals surface area contributed by atoms with Crippen molar-refractivity contribution in [1.29, 1.82) is 0 Å². The van der Waals surface area contributed by atoms with Crippen LogP contribution in [-0.2, 0) is 28.6 Å². The summed E-state index contributed by atoms with van der Waals surface area (Å²) in [6.45, 7) is 6.53. The fourth-order valence-electron chi connectivity index (χ4n) is 9.81. The molecule has 0 aliphatic carbocycles. The first-order valence-electron chi connectivity index (χ1n) is 34.9. The summed E-state index contributed by atoms with van der Waals surface area (Å²) < 4.78 is 17.0. The molecule has 0 aromatic heterocycles. The van der Waals surface area contributed by atoms with Gasteiger partial charge in [0.05, 0.1) is 0 Å². The Kier molecular flexibility index (Phi) is 66.2. The van der Waals surface area contributed by atoms with Gasteiger partial charge in [0, 0.05) is 19.3 Å². The molecule has 6 heteroatoms. The first-order valence-corrected chi connectivity index (χ1v) is 34.9. The van der Waals surface area contributed by atoms with E-state index in [0.717, 1.165) is 122 Å². The van der Waals surface area contributed by atoms with Gasteiger partial charge in [0.15, 0.2) is 6.10 Å². The summed E-state index contributed by atoms with van der Waals surface area (Å²) >= 11 is 0. The normalized spacial score (nSPS) is 12.8. The van der Waals surface area contributed by atoms with E-state index in [0.29, 0.717) is 19.3 Å². The number of carbonyl (C=O) groups excluding carboxylic acids is 3. The summed E-state index contributed by atoms with van der Waals surface area (Å²) in [6, 6.07) is 0. The monoisotopic (exact) mass is 1140 g/mol. The van der Waals surface area contributed by atoms with Gasteiger partial charge in [0.25, 0.3) is 0 Å². The molecule has 1 atom stereocenters. The van der Waals surface area contributed by atoms with Crippen LogP contribution in [0.2, 0.25) is 0 Å². The van der Waals surface area contributed by atoms with Crippen molar-refractivity contribution in [3.63, 3.8) is 0 Å². The van der Waals surface area contributed by atoms with Gasteiger partial charge in [0.1, 0.15) is 13.2 Å². The van der Waals surface area contributed by atoms with E-state index < -0.39 is 6.10 Å². The molecule has 0 bridgehead atoms. The Balaban J connectivity index is 4.27. The third kappa shape index (κ3) is 66.9. The topological polar surface area (TPSA) is 78.9 Å². The number of carbonyl (C=O) groups is 3. The third-order valence-corrected chi connectivity index (χ3v) is 15.0. The van der Waals surface area contributed by atoms with Crippen LogP contribution >= 0.6 is 0 Å². The lowest BCUT2D eigenvalue weighted by Crippen LogP contribution is -2.30. The quantitative estimate of drug-likeness (QED) is 0.0261. The minimum Gasteiger partial charge on any atom is -0.462 e. The molecule has 470 valence electrons. The van der Waals surface area contributed by atoms with Crippen LogP contribution in [0.3, 0.4) is 0 Å². The molecule has 0 saturated carbocycles. The van der Waals surface area contributed by atoms with Crippen molar-refractivity contribution in [2.45, 2.75) is 341 Å². The lowest BCUT2D eigenvalue weighted by atomic mass is 10.0. The maximum Gasteiger partial charge on any atom is 0.306 e. The highest BCUT2D eigenvalue weighted by molar-refractivity contribution is 5.71. The zero-order valence-corrected chi connectivity index (χ0v) is 54.0. The van der Waals surface area contributed by atoms with Crippen molar-refractivity contribution in [1.82, 2.24) is 0 Å². The summed E-state index contributed by atoms with van der Waals surface area (Å²) in [4.78, 5) is 38.4. The maximum atomic E-state index is 12.9. The van der Waals surface area contributed by atoms with E-state index in [2.05, 4.69) is 130 Å². The van der Waals surface area contributed by atoms with Gasteiger partial charge in [-0.2, -0.15) is 0 Å². The summed E-state index contributed by atoms with van der Waals surface area (Å²) in [5.74, 6) is -0.884. The maximum absolute atomic E-state index is 12.9. The number of hydrogen-bond acceptors (Lipinski definition) is 6.